The van der Waals surface area contributed by atoms with Gasteiger partial charge >= 0.3 is 6.18 Å². The monoisotopic (exact) mass is 526 g/mol. The molecule has 1 N–H and O–H groups in total. The number of alkyl halides is 3. The summed E-state index contributed by atoms with van der Waals surface area (Å²) in [6, 6.07) is 17.4. The van der Waals surface area contributed by atoms with Crippen molar-refractivity contribution in [1.82, 2.24) is 24.4 Å². The fraction of sp³-hybridized carbons (Fsp3) is 0.120. The van der Waals surface area contributed by atoms with E-state index >= 15 is 0 Å². The first-order valence-electron chi connectivity index (χ1n) is 10.9. The molecule has 3 aromatic heterocycles. The minimum absolute atomic E-state index is 0.0765. The number of benzene rings is 2. The molecule has 0 aliphatic heterocycles. The summed E-state index contributed by atoms with van der Waals surface area (Å²) < 4.78 is 48.9. The van der Waals surface area contributed by atoms with Gasteiger partial charge in [-0.3, -0.25) is 9.48 Å². The maximum absolute atomic E-state index is 13.9. The molecule has 12 heteroatoms. The number of ether oxygens (including phenoxy) is 1. The van der Waals surface area contributed by atoms with E-state index in [1.807, 2.05) is 18.2 Å². The van der Waals surface area contributed by atoms with Crippen LogP contribution >= 0.6 is 11.6 Å². The number of rotatable bonds is 6. The Morgan fingerprint density at radius 1 is 1.05 bits per heavy atom. The molecule has 5 aromatic rings. The molecule has 2 aromatic carbocycles. The lowest BCUT2D eigenvalue weighted by molar-refractivity contribution is -0.142. The topological polar surface area (TPSA) is 86.3 Å². The highest BCUT2D eigenvalue weighted by atomic mass is 35.5. The summed E-state index contributed by atoms with van der Waals surface area (Å²) in [5.74, 6) is 0.0307. The van der Waals surface area contributed by atoms with Crippen LogP contribution < -0.4 is 10.1 Å². The summed E-state index contributed by atoms with van der Waals surface area (Å²) in [6.45, 7) is 0.372. The second-order valence-electron chi connectivity index (χ2n) is 8.00. The van der Waals surface area contributed by atoms with E-state index in [1.165, 1.54) is 13.2 Å². The lowest BCUT2D eigenvalue weighted by atomic mass is 10.1. The summed E-state index contributed by atoms with van der Waals surface area (Å²) in [5.41, 5.74) is -0.0754. The summed E-state index contributed by atoms with van der Waals surface area (Å²) in [4.78, 5) is 17.1. The van der Waals surface area contributed by atoms with Crippen LogP contribution in [0.2, 0.25) is 5.02 Å². The molecule has 188 valence electrons. The standard InChI is InChI=1S/C25H18ClF3N6O2/c1-37-17-8-6-15(7-9-17)19-12-21(25(27,28)29)35-23(30-19)13-20(32-35)24(36)31-22-10-11-34(33-22)14-16-4-2-3-5-18(16)26/h2-13H,14H2,1H3,(H,31,33,36). The molecule has 0 fully saturated rings. The molecule has 1 amide bonds. The number of nitrogens with zero attached hydrogens (tertiary/aromatic N) is 5. The molecule has 0 saturated heterocycles. The van der Waals surface area contributed by atoms with E-state index in [1.54, 1.807) is 47.3 Å². The fourth-order valence-corrected chi connectivity index (χ4v) is 3.89. The van der Waals surface area contributed by atoms with E-state index in [0.29, 0.717) is 27.4 Å². The van der Waals surface area contributed by atoms with Gasteiger partial charge in [0.15, 0.2) is 22.9 Å². The average molecular weight is 527 g/mol. The number of aromatic nitrogens is 5. The summed E-state index contributed by atoms with van der Waals surface area (Å²) in [6.07, 6.45) is -3.09. The van der Waals surface area contributed by atoms with Crippen LogP contribution in [-0.4, -0.2) is 37.4 Å². The van der Waals surface area contributed by atoms with Crippen LogP contribution in [0.4, 0.5) is 19.0 Å². The average Bonchev–Trinajstić information content (AvgIpc) is 3.51. The third-order valence-electron chi connectivity index (χ3n) is 5.51. The predicted molar refractivity (Wildman–Crippen MR) is 131 cm³/mol. The number of methoxy groups -OCH3 is 1. The van der Waals surface area contributed by atoms with Crippen LogP contribution in [0, 0.1) is 0 Å². The van der Waals surface area contributed by atoms with Gasteiger partial charge < -0.3 is 10.1 Å². The molecule has 0 aliphatic carbocycles. The quantitative estimate of drug-likeness (QED) is 0.312. The van der Waals surface area contributed by atoms with Gasteiger partial charge in [-0.2, -0.15) is 23.4 Å². The van der Waals surface area contributed by atoms with E-state index in [4.69, 9.17) is 16.3 Å². The van der Waals surface area contributed by atoms with Crippen molar-refractivity contribution >= 4 is 29.0 Å². The zero-order valence-corrected chi connectivity index (χ0v) is 20.0. The van der Waals surface area contributed by atoms with Gasteiger partial charge in [0, 0.05) is 28.9 Å². The van der Waals surface area contributed by atoms with Gasteiger partial charge in [0.25, 0.3) is 5.91 Å². The van der Waals surface area contributed by atoms with Gasteiger partial charge in [-0.1, -0.05) is 29.8 Å². The Morgan fingerprint density at radius 2 is 1.81 bits per heavy atom. The van der Waals surface area contributed by atoms with Gasteiger partial charge in [0.05, 0.1) is 19.3 Å². The molecule has 8 nitrogen and oxygen atoms in total. The highest BCUT2D eigenvalue weighted by Crippen LogP contribution is 2.32. The predicted octanol–water partition coefficient (Wildman–Crippen LogP) is 5.57. The van der Waals surface area contributed by atoms with Gasteiger partial charge in [-0.05, 0) is 42.0 Å². The van der Waals surface area contributed by atoms with Crippen molar-refractivity contribution in [2.24, 2.45) is 0 Å². The molecule has 5 rings (SSSR count). The lowest BCUT2D eigenvalue weighted by Crippen LogP contribution is -2.16. The Labute approximate surface area is 213 Å². The van der Waals surface area contributed by atoms with E-state index in [9.17, 15) is 18.0 Å². The highest BCUT2D eigenvalue weighted by Gasteiger charge is 2.35. The van der Waals surface area contributed by atoms with Gasteiger partial charge in [-0.15, -0.1) is 0 Å². The molecule has 0 unspecified atom stereocenters. The van der Waals surface area contributed by atoms with E-state index in [0.717, 1.165) is 11.6 Å². The largest absolute Gasteiger partial charge is 0.497 e. The number of carbonyl (C=O) groups excluding carboxylic acids is 1. The fourth-order valence-electron chi connectivity index (χ4n) is 3.69. The van der Waals surface area contributed by atoms with Crippen molar-refractivity contribution < 1.29 is 22.7 Å². The Kier molecular flexibility index (Phi) is 6.30. The van der Waals surface area contributed by atoms with Crippen LogP contribution in [0.15, 0.2) is 72.9 Å². The van der Waals surface area contributed by atoms with E-state index in [2.05, 4.69) is 20.5 Å². The molecule has 0 saturated carbocycles. The van der Waals surface area contributed by atoms with Gasteiger partial charge in [0.2, 0.25) is 0 Å². The normalized spacial score (nSPS) is 11.6. The first-order valence-corrected chi connectivity index (χ1v) is 11.3. The molecule has 0 spiro atoms. The van der Waals surface area contributed by atoms with Crippen LogP contribution in [0.3, 0.4) is 0 Å². The second-order valence-corrected chi connectivity index (χ2v) is 8.40. The minimum atomic E-state index is -4.74. The molecule has 0 aliphatic rings. The Balaban J connectivity index is 1.42. The number of fused-ring (bicyclic) bond motifs is 1. The number of carbonyl (C=O) groups is 1. The Hall–Kier alpha value is -4.38. The number of anilines is 1. The van der Waals surface area contributed by atoms with E-state index in [-0.39, 0.29) is 22.9 Å². The van der Waals surface area contributed by atoms with Crippen LogP contribution in [0.1, 0.15) is 21.7 Å². The van der Waals surface area contributed by atoms with Crippen LogP contribution in [0.5, 0.6) is 5.75 Å². The summed E-state index contributed by atoms with van der Waals surface area (Å²) in [7, 11) is 1.49. The van der Waals surface area contributed by atoms with Crippen molar-refractivity contribution in [1.29, 1.82) is 0 Å². The van der Waals surface area contributed by atoms with Crippen molar-refractivity contribution in [2.45, 2.75) is 12.7 Å². The first-order chi connectivity index (χ1) is 17.7. The van der Waals surface area contributed by atoms with Gasteiger partial charge in [-0.25, -0.2) is 9.50 Å². The van der Waals surface area contributed by atoms with Crippen molar-refractivity contribution in [3.05, 3.63) is 94.9 Å². The van der Waals surface area contributed by atoms with Gasteiger partial charge in [0.1, 0.15) is 5.75 Å². The number of nitrogens with one attached hydrogen (secondary N) is 1. The summed E-state index contributed by atoms with van der Waals surface area (Å²) in [5, 5.41) is 11.3. The molecule has 0 bridgehead atoms. The Bertz CT molecular complexity index is 1590. The maximum atomic E-state index is 13.9. The highest BCUT2D eigenvalue weighted by molar-refractivity contribution is 6.31. The Morgan fingerprint density at radius 3 is 2.51 bits per heavy atom. The first kappa shape index (κ1) is 24.3. The lowest BCUT2D eigenvalue weighted by Gasteiger charge is -2.11. The second kappa shape index (κ2) is 9.58. The third kappa shape index (κ3) is 5.12. The third-order valence-corrected chi connectivity index (χ3v) is 5.88. The van der Waals surface area contributed by atoms with Crippen LogP contribution in [-0.2, 0) is 12.7 Å². The number of hydrogen-bond donors (Lipinski definition) is 1. The molecule has 0 radical (unpaired) electrons. The number of hydrogen-bond acceptors (Lipinski definition) is 5. The zero-order valence-electron chi connectivity index (χ0n) is 19.2. The molecular weight excluding hydrogens is 509 g/mol. The SMILES string of the molecule is COc1ccc(-c2cc(C(F)(F)F)n3nc(C(=O)Nc4ccn(Cc5ccccc5Cl)n4)cc3n2)cc1. The molecule has 37 heavy (non-hydrogen) atoms. The number of amides is 1. The van der Waals surface area contributed by atoms with Crippen molar-refractivity contribution in [2.75, 3.05) is 12.4 Å². The van der Waals surface area contributed by atoms with Crippen molar-refractivity contribution in [3.63, 3.8) is 0 Å². The minimum Gasteiger partial charge on any atom is -0.497 e. The molecule has 0 atom stereocenters. The molecular formula is C25H18ClF3N6O2. The van der Waals surface area contributed by atoms with Crippen molar-refractivity contribution in [3.8, 4) is 17.0 Å². The van der Waals surface area contributed by atoms with Crippen LogP contribution in [0.25, 0.3) is 16.9 Å². The number of halogens is 4. The summed E-state index contributed by atoms with van der Waals surface area (Å²) >= 11 is 6.18. The van der Waals surface area contributed by atoms with E-state index < -0.39 is 17.8 Å². The maximum Gasteiger partial charge on any atom is 0.433 e. The zero-order chi connectivity index (χ0) is 26.2. The smallest absolute Gasteiger partial charge is 0.433 e. The molecule has 3 heterocycles.